The summed E-state index contributed by atoms with van der Waals surface area (Å²) >= 11 is 0. The fourth-order valence-electron chi connectivity index (χ4n) is 6.83. The Morgan fingerprint density at radius 3 is 2.20 bits per heavy atom. The average molecular weight is 501 g/mol. The Morgan fingerprint density at radius 2 is 1.54 bits per heavy atom. The molecule has 190 valence electrons. The lowest BCUT2D eigenvalue weighted by molar-refractivity contribution is -0.0247. The van der Waals surface area contributed by atoms with Gasteiger partial charge < -0.3 is 9.46 Å². The number of carbonyl (C=O) groups is 1. The van der Waals surface area contributed by atoms with Gasteiger partial charge in [0.05, 0.1) is 11.0 Å². The highest BCUT2D eigenvalue weighted by molar-refractivity contribution is 7.55. The van der Waals surface area contributed by atoms with Crippen LogP contribution in [0.25, 0.3) is 11.0 Å². The molecular weight excluding hydrogens is 463 g/mol. The lowest BCUT2D eigenvalue weighted by Crippen LogP contribution is -2.57. The van der Waals surface area contributed by atoms with Gasteiger partial charge in [0.15, 0.2) is 5.69 Å². The first kappa shape index (κ1) is 24.7. The highest BCUT2D eigenvalue weighted by Gasteiger charge is 2.42. The van der Waals surface area contributed by atoms with Crippen LogP contribution in [0, 0.1) is 0 Å². The zero-order valence-electron chi connectivity index (χ0n) is 20.6. The molecular formula is C26H37N4O4P. The third-order valence-electron chi connectivity index (χ3n) is 8.19. The summed E-state index contributed by atoms with van der Waals surface area (Å²) in [7, 11) is -3.86. The van der Waals surface area contributed by atoms with Gasteiger partial charge in [-0.1, -0.05) is 50.7 Å². The highest BCUT2D eigenvalue weighted by atomic mass is 31.2. The van der Waals surface area contributed by atoms with Crippen molar-refractivity contribution in [3.8, 4) is 0 Å². The second-order valence-electron chi connectivity index (χ2n) is 10.8. The largest absolute Gasteiger partial charge is 0.329 e. The number of hydrogen-bond donors (Lipinski definition) is 2. The minimum Gasteiger partial charge on any atom is -0.329 e. The van der Waals surface area contributed by atoms with Crippen molar-refractivity contribution in [3.05, 3.63) is 40.3 Å². The number of nitrogens with one attached hydrogen (secondary N) is 1. The maximum Gasteiger partial charge on any atom is 0.290 e. The Balaban J connectivity index is 1.50. The molecule has 2 N–H and O–H groups in total. The zero-order chi connectivity index (χ0) is 24.6. The van der Waals surface area contributed by atoms with Crippen LogP contribution in [0.3, 0.4) is 0 Å². The number of hydrogen-bond acceptors (Lipinski definition) is 5. The van der Waals surface area contributed by atoms with E-state index in [1.54, 1.807) is 10.6 Å². The smallest absolute Gasteiger partial charge is 0.290 e. The average Bonchev–Trinajstić information content (AvgIpc) is 2.77. The monoisotopic (exact) mass is 500 g/mol. The molecule has 1 amide bonds. The number of rotatable bonds is 4. The van der Waals surface area contributed by atoms with Gasteiger partial charge in [0.25, 0.3) is 19.0 Å². The molecule has 3 aliphatic rings. The lowest BCUT2D eigenvalue weighted by atomic mass is 9.79. The number of carbonyl (C=O) groups excluding carboxylic acids is 1. The molecule has 3 fully saturated rings. The van der Waals surface area contributed by atoms with E-state index in [9.17, 15) is 19.0 Å². The first-order valence-electron chi connectivity index (χ1n) is 13.2. The van der Waals surface area contributed by atoms with E-state index in [1.807, 2.05) is 18.2 Å². The van der Waals surface area contributed by atoms with Gasteiger partial charge in [-0.15, -0.1) is 0 Å². The maximum absolute atomic E-state index is 13.7. The lowest BCUT2D eigenvalue weighted by Gasteiger charge is -2.53. The van der Waals surface area contributed by atoms with Crippen LogP contribution in [-0.4, -0.2) is 50.0 Å². The molecule has 4 atom stereocenters. The van der Waals surface area contributed by atoms with Gasteiger partial charge >= 0.3 is 0 Å². The summed E-state index contributed by atoms with van der Waals surface area (Å²) in [5.41, 5.74) is 0.485. The Morgan fingerprint density at radius 1 is 0.943 bits per heavy atom. The molecule has 9 heteroatoms. The van der Waals surface area contributed by atoms with E-state index < -0.39 is 19.0 Å². The maximum atomic E-state index is 13.7. The Bertz CT molecular complexity index is 1170. The van der Waals surface area contributed by atoms with E-state index in [0.717, 1.165) is 37.9 Å². The molecule has 1 saturated carbocycles. The summed E-state index contributed by atoms with van der Waals surface area (Å²) in [6.07, 6.45) is 14.5. The summed E-state index contributed by atoms with van der Waals surface area (Å²) in [5.74, 6) is -0.894. The molecule has 2 aromatic rings. The van der Waals surface area contributed by atoms with Crippen molar-refractivity contribution in [3.63, 3.8) is 0 Å². The first-order chi connectivity index (χ1) is 16.8. The first-order valence-corrected chi connectivity index (χ1v) is 15.3. The fraction of sp³-hybridized carbons (Fsp3) is 0.654. The van der Waals surface area contributed by atoms with Crippen LogP contribution in [0.4, 0.5) is 0 Å². The number of aromatic nitrogens is 2. The summed E-state index contributed by atoms with van der Waals surface area (Å²) in [6, 6.07) is 8.90. The molecule has 1 unspecified atom stereocenters. The van der Waals surface area contributed by atoms with E-state index in [4.69, 9.17) is 0 Å². The Labute approximate surface area is 206 Å². The van der Waals surface area contributed by atoms with Crippen LogP contribution in [0.5, 0.6) is 0 Å². The predicted molar refractivity (Wildman–Crippen MR) is 137 cm³/mol. The van der Waals surface area contributed by atoms with Crippen LogP contribution >= 0.6 is 7.52 Å². The van der Waals surface area contributed by atoms with E-state index >= 15 is 0 Å². The molecule has 1 aromatic carbocycles. The zero-order valence-corrected chi connectivity index (χ0v) is 21.5. The minimum absolute atomic E-state index is 0.0235. The molecule has 3 heterocycles. The van der Waals surface area contributed by atoms with Gasteiger partial charge in [0.1, 0.15) is 0 Å². The quantitative estimate of drug-likeness (QED) is 0.594. The molecule has 2 aliphatic heterocycles. The second-order valence-corrected chi connectivity index (χ2v) is 12.7. The van der Waals surface area contributed by atoms with Crippen molar-refractivity contribution < 1.29 is 14.3 Å². The van der Waals surface area contributed by atoms with Crippen molar-refractivity contribution in [2.45, 2.75) is 101 Å². The number of nitrogens with zero attached hydrogens (tertiary/aromatic N) is 3. The number of para-hydroxylation sites is 2. The van der Waals surface area contributed by atoms with Crippen molar-refractivity contribution in [2.75, 3.05) is 6.66 Å². The van der Waals surface area contributed by atoms with E-state index in [0.29, 0.717) is 23.6 Å². The standard InChI is InChI=1S/C26H37N4O4P/c1-35(33,34)28-25(31)24-26(32)30(23-15-8-7-14-22(23)27-24)21-16-19-12-9-13-20(17-21)29(19)18-10-5-3-2-4-6-11-18/h7-8,14-15,18-21H,2-6,9-13,16-17H2,1H3,(H2,28,31,33,34)/t19-,20+,21+. The molecule has 2 bridgehead atoms. The van der Waals surface area contributed by atoms with Crippen LogP contribution in [0.1, 0.15) is 93.6 Å². The second kappa shape index (κ2) is 10.2. The topological polar surface area (TPSA) is 105 Å². The molecule has 5 rings (SSSR count). The number of amides is 1. The van der Waals surface area contributed by atoms with Crippen LogP contribution in [0.15, 0.2) is 29.1 Å². The van der Waals surface area contributed by atoms with Crippen LogP contribution in [-0.2, 0) is 4.57 Å². The minimum atomic E-state index is -3.86. The summed E-state index contributed by atoms with van der Waals surface area (Å²) in [6.45, 7) is 1.04. The van der Waals surface area contributed by atoms with Crippen molar-refractivity contribution in [2.24, 2.45) is 0 Å². The van der Waals surface area contributed by atoms with Gasteiger partial charge in [0, 0.05) is 30.8 Å². The summed E-state index contributed by atoms with van der Waals surface area (Å²) in [4.78, 5) is 43.2. The Hall–Kier alpha value is -2.02. The predicted octanol–water partition coefficient (Wildman–Crippen LogP) is 4.61. The third kappa shape index (κ3) is 5.25. The van der Waals surface area contributed by atoms with Crippen LogP contribution in [0.2, 0.25) is 0 Å². The fourth-order valence-corrected chi connectivity index (χ4v) is 7.32. The molecule has 2 saturated heterocycles. The number of piperidine rings is 2. The summed E-state index contributed by atoms with van der Waals surface area (Å²) < 4.78 is 13.6. The Kier molecular flexibility index (Phi) is 7.16. The van der Waals surface area contributed by atoms with E-state index in [-0.39, 0.29) is 11.7 Å². The highest BCUT2D eigenvalue weighted by Crippen LogP contribution is 2.42. The molecule has 1 aliphatic carbocycles. The normalized spacial score (nSPS) is 28.1. The van der Waals surface area contributed by atoms with Gasteiger partial charge in [-0.2, -0.15) is 0 Å². The van der Waals surface area contributed by atoms with Gasteiger partial charge in [-0.05, 0) is 50.7 Å². The summed E-state index contributed by atoms with van der Waals surface area (Å²) in [5, 5.41) is 2.06. The third-order valence-corrected chi connectivity index (χ3v) is 8.80. The van der Waals surface area contributed by atoms with E-state index in [1.165, 1.54) is 51.4 Å². The van der Waals surface area contributed by atoms with E-state index in [2.05, 4.69) is 15.0 Å². The molecule has 1 aromatic heterocycles. The van der Waals surface area contributed by atoms with Crippen LogP contribution < -0.4 is 10.6 Å². The number of fused-ring (bicyclic) bond motifs is 3. The molecule has 0 spiro atoms. The van der Waals surface area contributed by atoms with Crippen molar-refractivity contribution >= 4 is 24.5 Å². The van der Waals surface area contributed by atoms with Crippen molar-refractivity contribution in [1.82, 2.24) is 19.5 Å². The molecule has 8 nitrogen and oxygen atoms in total. The SMILES string of the molecule is CP(=O)(O)NC(=O)c1nc2ccccc2n([C@H]2C[C@H]3CCC[C@@H](C2)N3C2CCCCCCC2)c1=O. The van der Waals surface area contributed by atoms with Crippen molar-refractivity contribution in [1.29, 1.82) is 0 Å². The molecule has 0 radical (unpaired) electrons. The number of benzene rings is 1. The molecule has 35 heavy (non-hydrogen) atoms. The van der Waals surface area contributed by atoms with Gasteiger partial charge in [-0.25, -0.2) is 4.98 Å². The van der Waals surface area contributed by atoms with Gasteiger partial charge in [0.2, 0.25) is 0 Å². The van der Waals surface area contributed by atoms with Gasteiger partial charge in [-0.3, -0.25) is 24.1 Å².